The first kappa shape index (κ1) is 18.5. The maximum absolute atomic E-state index is 12.6. The zero-order chi connectivity index (χ0) is 18.9. The van der Waals surface area contributed by atoms with Gasteiger partial charge < -0.3 is 9.47 Å². The Kier molecular flexibility index (Phi) is 4.85. The van der Waals surface area contributed by atoms with Crippen LogP contribution in [0, 0.1) is 0 Å². The van der Waals surface area contributed by atoms with E-state index in [1.54, 1.807) is 25.1 Å². The zero-order valence-electron chi connectivity index (χ0n) is 13.7. The van der Waals surface area contributed by atoms with Crippen molar-refractivity contribution in [2.75, 3.05) is 13.2 Å². The summed E-state index contributed by atoms with van der Waals surface area (Å²) in [6.45, 7) is 2.48. The molecule has 1 heterocycles. The minimum Gasteiger partial charge on any atom is -0.486 e. The van der Waals surface area contributed by atoms with E-state index in [0.717, 1.165) is 24.3 Å². The Morgan fingerprint density at radius 3 is 2.23 bits per heavy atom. The summed E-state index contributed by atoms with van der Waals surface area (Å²) in [5.41, 5.74) is -0.263. The van der Waals surface area contributed by atoms with E-state index in [1.807, 2.05) is 0 Å². The van der Waals surface area contributed by atoms with Crippen molar-refractivity contribution in [2.45, 2.75) is 24.0 Å². The highest BCUT2D eigenvalue weighted by molar-refractivity contribution is 7.89. The number of hydrogen-bond acceptors (Lipinski definition) is 4. The Morgan fingerprint density at radius 2 is 1.62 bits per heavy atom. The van der Waals surface area contributed by atoms with E-state index >= 15 is 0 Å². The average molecular weight is 387 g/mol. The lowest BCUT2D eigenvalue weighted by molar-refractivity contribution is -0.137. The predicted octanol–water partition coefficient (Wildman–Crippen LogP) is 3.52. The largest absolute Gasteiger partial charge is 0.486 e. The van der Waals surface area contributed by atoms with Crippen LogP contribution in [0.2, 0.25) is 0 Å². The van der Waals surface area contributed by atoms with Gasteiger partial charge in [-0.15, -0.1) is 0 Å². The van der Waals surface area contributed by atoms with Crippen LogP contribution in [0.25, 0.3) is 0 Å². The molecule has 0 saturated heterocycles. The van der Waals surface area contributed by atoms with Crippen LogP contribution in [0.5, 0.6) is 11.5 Å². The minimum absolute atomic E-state index is 0.241. The number of benzene rings is 2. The van der Waals surface area contributed by atoms with Gasteiger partial charge in [0, 0.05) is 6.04 Å². The maximum atomic E-state index is 12.6. The molecule has 1 aliphatic heterocycles. The van der Waals surface area contributed by atoms with E-state index in [-0.39, 0.29) is 4.90 Å². The summed E-state index contributed by atoms with van der Waals surface area (Å²) in [4.78, 5) is -0.241. The second kappa shape index (κ2) is 6.81. The number of sulfonamides is 1. The first-order valence-electron chi connectivity index (χ1n) is 7.76. The van der Waals surface area contributed by atoms with Crippen molar-refractivity contribution < 1.29 is 31.1 Å². The molecular weight excluding hydrogens is 371 g/mol. The maximum Gasteiger partial charge on any atom is 0.416 e. The van der Waals surface area contributed by atoms with Gasteiger partial charge in [-0.3, -0.25) is 0 Å². The van der Waals surface area contributed by atoms with Gasteiger partial charge in [-0.1, -0.05) is 6.07 Å². The number of alkyl halides is 3. The van der Waals surface area contributed by atoms with Crippen molar-refractivity contribution in [3.63, 3.8) is 0 Å². The molecule has 1 aliphatic rings. The number of nitrogens with one attached hydrogen (secondary N) is 1. The van der Waals surface area contributed by atoms with Gasteiger partial charge in [0.15, 0.2) is 11.5 Å². The smallest absolute Gasteiger partial charge is 0.416 e. The van der Waals surface area contributed by atoms with Gasteiger partial charge in [0.2, 0.25) is 10.0 Å². The molecule has 0 fully saturated rings. The molecule has 3 rings (SSSR count). The lowest BCUT2D eigenvalue weighted by Crippen LogP contribution is -2.27. The van der Waals surface area contributed by atoms with Crippen LogP contribution in [0.1, 0.15) is 24.1 Å². The van der Waals surface area contributed by atoms with Crippen LogP contribution in [0.15, 0.2) is 47.4 Å². The van der Waals surface area contributed by atoms with Crippen molar-refractivity contribution >= 4 is 10.0 Å². The zero-order valence-corrected chi connectivity index (χ0v) is 14.5. The summed E-state index contributed by atoms with van der Waals surface area (Å²) in [5.74, 6) is 1.10. The van der Waals surface area contributed by atoms with Gasteiger partial charge >= 0.3 is 6.18 Å². The van der Waals surface area contributed by atoms with Crippen LogP contribution in [-0.4, -0.2) is 21.6 Å². The van der Waals surface area contributed by atoms with Crippen molar-refractivity contribution in [3.8, 4) is 11.5 Å². The molecule has 1 N–H and O–H groups in total. The molecule has 0 spiro atoms. The molecule has 140 valence electrons. The summed E-state index contributed by atoms with van der Waals surface area (Å²) in [6.07, 6.45) is -4.52. The molecule has 26 heavy (non-hydrogen) atoms. The predicted molar refractivity (Wildman–Crippen MR) is 87.6 cm³/mol. The lowest BCUT2D eigenvalue weighted by Gasteiger charge is -2.21. The van der Waals surface area contributed by atoms with E-state index in [2.05, 4.69) is 4.72 Å². The molecule has 0 bridgehead atoms. The lowest BCUT2D eigenvalue weighted by atomic mass is 10.1. The van der Waals surface area contributed by atoms with Gasteiger partial charge in [0.1, 0.15) is 13.2 Å². The van der Waals surface area contributed by atoms with Crippen LogP contribution in [0.4, 0.5) is 13.2 Å². The average Bonchev–Trinajstić information content (AvgIpc) is 2.60. The molecular formula is C17H16F3NO4S. The summed E-state index contributed by atoms with van der Waals surface area (Å²) in [6, 6.07) is 7.79. The third-order valence-corrected chi connectivity index (χ3v) is 5.45. The Balaban J connectivity index is 1.78. The number of fused-ring (bicyclic) bond motifs is 1. The fraction of sp³-hybridized carbons (Fsp3) is 0.294. The molecule has 0 unspecified atom stereocenters. The molecule has 0 radical (unpaired) electrons. The normalized spacial score (nSPS) is 15.5. The summed E-state index contributed by atoms with van der Waals surface area (Å²) >= 11 is 0. The van der Waals surface area contributed by atoms with E-state index < -0.39 is 27.8 Å². The number of hydrogen-bond donors (Lipinski definition) is 1. The molecule has 0 saturated carbocycles. The molecule has 1 atom stereocenters. The van der Waals surface area contributed by atoms with Gasteiger partial charge in [-0.2, -0.15) is 13.2 Å². The SMILES string of the molecule is C[C@H](NS(=O)(=O)c1ccc(C(F)(F)F)cc1)c1ccc2c(c1)OCCO2. The van der Waals surface area contributed by atoms with E-state index in [1.165, 1.54) is 0 Å². The molecule has 0 aliphatic carbocycles. The number of halogens is 3. The highest BCUT2D eigenvalue weighted by Crippen LogP contribution is 2.33. The molecule has 0 amide bonds. The van der Waals surface area contributed by atoms with Crippen molar-refractivity contribution in [3.05, 3.63) is 53.6 Å². The minimum atomic E-state index is -4.52. The Labute approximate surface area is 148 Å². The van der Waals surface area contributed by atoms with Crippen LogP contribution in [-0.2, 0) is 16.2 Å². The van der Waals surface area contributed by atoms with E-state index in [9.17, 15) is 21.6 Å². The Morgan fingerprint density at radius 1 is 1.00 bits per heavy atom. The van der Waals surface area contributed by atoms with Crippen molar-refractivity contribution in [1.29, 1.82) is 0 Å². The van der Waals surface area contributed by atoms with Gasteiger partial charge in [-0.05, 0) is 48.9 Å². The highest BCUT2D eigenvalue weighted by atomic mass is 32.2. The van der Waals surface area contributed by atoms with Crippen LogP contribution in [0.3, 0.4) is 0 Å². The summed E-state index contributed by atoms with van der Waals surface area (Å²) < 4.78 is 76.0. The topological polar surface area (TPSA) is 64.6 Å². The monoisotopic (exact) mass is 387 g/mol. The third-order valence-electron chi connectivity index (χ3n) is 3.89. The van der Waals surface area contributed by atoms with E-state index in [0.29, 0.717) is 30.3 Å². The van der Waals surface area contributed by atoms with Crippen LogP contribution < -0.4 is 14.2 Å². The Bertz CT molecular complexity index is 895. The van der Waals surface area contributed by atoms with Crippen molar-refractivity contribution in [2.24, 2.45) is 0 Å². The third kappa shape index (κ3) is 3.94. The second-order valence-corrected chi connectivity index (χ2v) is 7.48. The van der Waals surface area contributed by atoms with Gasteiger partial charge in [0.05, 0.1) is 10.5 Å². The first-order chi connectivity index (χ1) is 12.2. The second-order valence-electron chi connectivity index (χ2n) is 5.77. The quantitative estimate of drug-likeness (QED) is 0.872. The summed E-state index contributed by atoms with van der Waals surface area (Å²) in [5, 5.41) is 0. The molecule has 2 aromatic rings. The number of ether oxygens (including phenoxy) is 2. The Hall–Kier alpha value is -2.26. The fourth-order valence-electron chi connectivity index (χ4n) is 2.52. The van der Waals surface area contributed by atoms with Crippen LogP contribution >= 0.6 is 0 Å². The molecule has 2 aromatic carbocycles. The molecule has 9 heteroatoms. The standard InChI is InChI=1S/C17H16F3NO4S/c1-11(12-2-7-15-16(10-12)25-9-8-24-15)21-26(22,23)14-5-3-13(4-6-14)17(18,19)20/h2-7,10-11,21H,8-9H2,1H3/t11-/m0/s1. The number of rotatable bonds is 4. The van der Waals surface area contributed by atoms with E-state index in [4.69, 9.17) is 9.47 Å². The van der Waals surface area contributed by atoms with Gasteiger partial charge in [-0.25, -0.2) is 13.1 Å². The first-order valence-corrected chi connectivity index (χ1v) is 9.24. The highest BCUT2D eigenvalue weighted by Gasteiger charge is 2.31. The summed E-state index contributed by atoms with van der Waals surface area (Å²) in [7, 11) is -3.98. The molecule has 0 aromatic heterocycles. The fourth-order valence-corrected chi connectivity index (χ4v) is 3.75. The molecule has 5 nitrogen and oxygen atoms in total. The van der Waals surface area contributed by atoms with Crippen molar-refractivity contribution in [1.82, 2.24) is 4.72 Å². The van der Waals surface area contributed by atoms with Gasteiger partial charge in [0.25, 0.3) is 0 Å².